The summed E-state index contributed by atoms with van der Waals surface area (Å²) in [6.07, 6.45) is -3.06. The second kappa shape index (κ2) is 7.67. The molecule has 1 atom stereocenters. The van der Waals surface area contributed by atoms with Crippen LogP contribution >= 0.6 is 0 Å². The van der Waals surface area contributed by atoms with E-state index in [-0.39, 0.29) is 12.5 Å². The molecule has 1 rings (SSSR count). The smallest absolute Gasteiger partial charge is 0.314 e. The average molecular weight is 291 g/mol. The maximum absolute atomic E-state index is 12.0. The van der Waals surface area contributed by atoms with Crippen molar-refractivity contribution in [1.29, 1.82) is 0 Å². The van der Waals surface area contributed by atoms with Gasteiger partial charge in [-0.05, 0) is 52.6 Å². The van der Waals surface area contributed by atoms with Gasteiger partial charge in [0.2, 0.25) is 0 Å². The standard InChI is InChI=1S/C14H24F3N3/c1-11(6-4-7-14(15,16)17)18-8-5-9-20-13(3)10-12(2)19-20/h10-11,18H,4-9H2,1-3H3. The van der Waals surface area contributed by atoms with Crippen molar-refractivity contribution in [1.82, 2.24) is 15.1 Å². The Labute approximate surface area is 118 Å². The molecule has 6 heteroatoms. The third kappa shape index (κ3) is 6.93. The number of hydrogen-bond acceptors (Lipinski definition) is 2. The average Bonchev–Trinajstić information content (AvgIpc) is 2.62. The number of nitrogens with zero attached hydrogens (tertiary/aromatic N) is 2. The van der Waals surface area contributed by atoms with Gasteiger partial charge in [-0.1, -0.05) is 0 Å². The highest BCUT2D eigenvalue weighted by Gasteiger charge is 2.26. The van der Waals surface area contributed by atoms with E-state index in [1.54, 1.807) is 0 Å². The molecule has 0 aliphatic rings. The van der Waals surface area contributed by atoms with Crippen LogP contribution in [-0.2, 0) is 6.54 Å². The second-order valence-electron chi connectivity index (χ2n) is 5.37. The summed E-state index contributed by atoms with van der Waals surface area (Å²) >= 11 is 0. The Balaban J connectivity index is 2.10. The zero-order chi connectivity index (χ0) is 15.2. The van der Waals surface area contributed by atoms with Crippen LogP contribution in [0.1, 0.15) is 44.0 Å². The molecule has 0 amide bonds. The number of aryl methyl sites for hydroxylation is 3. The maximum Gasteiger partial charge on any atom is 0.389 e. The number of rotatable bonds is 8. The van der Waals surface area contributed by atoms with Gasteiger partial charge < -0.3 is 5.32 Å². The monoisotopic (exact) mass is 291 g/mol. The fourth-order valence-electron chi connectivity index (χ4n) is 2.19. The van der Waals surface area contributed by atoms with Gasteiger partial charge in [-0.3, -0.25) is 4.68 Å². The highest BCUT2D eigenvalue weighted by molar-refractivity contribution is 5.06. The van der Waals surface area contributed by atoms with E-state index in [1.807, 2.05) is 31.5 Å². The molecule has 0 aliphatic carbocycles. The van der Waals surface area contributed by atoms with Gasteiger partial charge in [-0.15, -0.1) is 0 Å². The van der Waals surface area contributed by atoms with Gasteiger partial charge in [0, 0.05) is 24.7 Å². The van der Waals surface area contributed by atoms with Gasteiger partial charge in [-0.25, -0.2) is 0 Å². The summed E-state index contributed by atoms with van der Waals surface area (Å²) in [7, 11) is 0. The fourth-order valence-corrected chi connectivity index (χ4v) is 2.19. The molecule has 0 aromatic carbocycles. The highest BCUT2D eigenvalue weighted by Crippen LogP contribution is 2.22. The quantitative estimate of drug-likeness (QED) is 0.742. The van der Waals surface area contributed by atoms with Crippen molar-refractivity contribution in [3.63, 3.8) is 0 Å². The first-order valence-electron chi connectivity index (χ1n) is 7.09. The second-order valence-corrected chi connectivity index (χ2v) is 5.37. The molecular weight excluding hydrogens is 267 g/mol. The van der Waals surface area contributed by atoms with Crippen LogP contribution in [0.2, 0.25) is 0 Å². The summed E-state index contributed by atoms with van der Waals surface area (Å²) < 4.78 is 38.0. The minimum Gasteiger partial charge on any atom is -0.314 e. The molecular formula is C14H24F3N3. The normalized spacial score (nSPS) is 13.7. The van der Waals surface area contributed by atoms with Gasteiger partial charge in [0.05, 0.1) is 5.69 Å². The molecule has 0 spiro atoms. The SMILES string of the molecule is Cc1cc(C)n(CCCNC(C)CCCC(F)(F)F)n1. The van der Waals surface area contributed by atoms with Gasteiger partial charge in [0.25, 0.3) is 0 Å². The molecule has 1 aromatic heterocycles. The molecule has 1 heterocycles. The van der Waals surface area contributed by atoms with Crippen LogP contribution in [0.25, 0.3) is 0 Å². The number of halogens is 3. The highest BCUT2D eigenvalue weighted by atomic mass is 19.4. The zero-order valence-electron chi connectivity index (χ0n) is 12.4. The number of hydrogen-bond donors (Lipinski definition) is 1. The van der Waals surface area contributed by atoms with Crippen LogP contribution in [0, 0.1) is 13.8 Å². The molecule has 0 saturated carbocycles. The Bertz CT molecular complexity index is 399. The molecule has 1 N–H and O–H groups in total. The van der Waals surface area contributed by atoms with Gasteiger partial charge in [-0.2, -0.15) is 18.3 Å². The molecule has 0 fully saturated rings. The van der Waals surface area contributed by atoms with Crippen LogP contribution in [0.3, 0.4) is 0 Å². The van der Waals surface area contributed by atoms with Crippen molar-refractivity contribution >= 4 is 0 Å². The molecule has 116 valence electrons. The van der Waals surface area contributed by atoms with Gasteiger partial charge >= 0.3 is 6.18 Å². The van der Waals surface area contributed by atoms with Crippen LogP contribution in [-0.4, -0.2) is 28.5 Å². The summed E-state index contributed by atoms with van der Waals surface area (Å²) in [6.45, 7) is 7.55. The number of aromatic nitrogens is 2. The number of nitrogens with one attached hydrogen (secondary N) is 1. The van der Waals surface area contributed by atoms with E-state index in [4.69, 9.17) is 0 Å². The topological polar surface area (TPSA) is 29.9 Å². The molecule has 0 aliphatic heterocycles. The van der Waals surface area contributed by atoms with Crippen LogP contribution < -0.4 is 5.32 Å². The maximum atomic E-state index is 12.0. The lowest BCUT2D eigenvalue weighted by molar-refractivity contribution is -0.135. The molecule has 3 nitrogen and oxygen atoms in total. The molecule has 1 aromatic rings. The zero-order valence-corrected chi connectivity index (χ0v) is 12.4. The Morgan fingerprint density at radius 1 is 1.30 bits per heavy atom. The first-order chi connectivity index (χ1) is 9.28. The number of alkyl halides is 3. The van der Waals surface area contributed by atoms with Crippen LogP contribution in [0.4, 0.5) is 13.2 Å². The summed E-state index contributed by atoms with van der Waals surface area (Å²) in [5.74, 6) is 0. The Kier molecular flexibility index (Phi) is 6.52. The lowest BCUT2D eigenvalue weighted by Gasteiger charge is -2.14. The lowest BCUT2D eigenvalue weighted by atomic mass is 10.1. The summed E-state index contributed by atoms with van der Waals surface area (Å²) in [5, 5.41) is 7.62. The van der Waals surface area contributed by atoms with Crippen LogP contribution in [0.15, 0.2) is 6.07 Å². The first kappa shape index (κ1) is 17.0. The predicted octanol–water partition coefficient (Wildman–Crippen LogP) is 3.60. The lowest BCUT2D eigenvalue weighted by Crippen LogP contribution is -2.28. The van der Waals surface area contributed by atoms with Crippen molar-refractivity contribution in [2.45, 2.75) is 65.2 Å². The predicted molar refractivity (Wildman–Crippen MR) is 73.7 cm³/mol. The van der Waals surface area contributed by atoms with E-state index in [1.165, 1.54) is 0 Å². The third-order valence-electron chi connectivity index (χ3n) is 3.24. The van der Waals surface area contributed by atoms with Crippen LogP contribution in [0.5, 0.6) is 0 Å². The van der Waals surface area contributed by atoms with Crippen molar-refractivity contribution in [2.75, 3.05) is 6.54 Å². The van der Waals surface area contributed by atoms with E-state index >= 15 is 0 Å². The van der Waals surface area contributed by atoms with Gasteiger partial charge in [0.1, 0.15) is 0 Å². The first-order valence-corrected chi connectivity index (χ1v) is 7.09. The molecule has 0 bridgehead atoms. The van der Waals surface area contributed by atoms with Crippen molar-refractivity contribution in [3.05, 3.63) is 17.5 Å². The Morgan fingerprint density at radius 2 is 2.00 bits per heavy atom. The van der Waals surface area contributed by atoms with E-state index in [0.717, 1.165) is 30.9 Å². The molecule has 0 saturated heterocycles. The third-order valence-corrected chi connectivity index (χ3v) is 3.24. The molecule has 20 heavy (non-hydrogen) atoms. The largest absolute Gasteiger partial charge is 0.389 e. The summed E-state index contributed by atoms with van der Waals surface area (Å²) in [5.41, 5.74) is 2.15. The van der Waals surface area contributed by atoms with Crippen molar-refractivity contribution in [3.8, 4) is 0 Å². The van der Waals surface area contributed by atoms with E-state index in [2.05, 4.69) is 10.4 Å². The van der Waals surface area contributed by atoms with E-state index in [9.17, 15) is 13.2 Å². The Morgan fingerprint density at radius 3 is 2.55 bits per heavy atom. The minimum atomic E-state index is -4.03. The van der Waals surface area contributed by atoms with Gasteiger partial charge in [0.15, 0.2) is 0 Å². The molecule has 0 radical (unpaired) electrons. The van der Waals surface area contributed by atoms with Crippen molar-refractivity contribution < 1.29 is 13.2 Å². The summed E-state index contributed by atoms with van der Waals surface area (Å²) in [6, 6.07) is 2.16. The fraction of sp³-hybridized carbons (Fsp3) is 0.786. The summed E-state index contributed by atoms with van der Waals surface area (Å²) in [4.78, 5) is 0. The molecule has 1 unspecified atom stereocenters. The Hall–Kier alpha value is -1.04. The minimum absolute atomic E-state index is 0.123. The van der Waals surface area contributed by atoms with E-state index < -0.39 is 12.6 Å². The van der Waals surface area contributed by atoms with Crippen molar-refractivity contribution in [2.24, 2.45) is 0 Å². The van der Waals surface area contributed by atoms with E-state index in [0.29, 0.717) is 6.42 Å².